The molecule has 1 aliphatic rings. The summed E-state index contributed by atoms with van der Waals surface area (Å²) in [6.45, 7) is 0.565. The fourth-order valence-electron chi connectivity index (χ4n) is 2.66. The van der Waals surface area contributed by atoms with Crippen LogP contribution in [-0.4, -0.2) is 19.4 Å². The third kappa shape index (κ3) is 3.13. The van der Waals surface area contributed by atoms with Gasteiger partial charge >= 0.3 is 0 Å². The molecule has 0 bridgehead atoms. The number of hydrogen-bond acceptors (Lipinski definition) is 3. The molecule has 4 heteroatoms. The van der Waals surface area contributed by atoms with Crippen molar-refractivity contribution in [2.24, 2.45) is 11.1 Å². The molecule has 0 aromatic heterocycles. The molecule has 0 spiro atoms. The summed E-state index contributed by atoms with van der Waals surface area (Å²) in [5.74, 6) is -0.0895. The molecule has 0 saturated heterocycles. The molecular weight excluding hydrogens is 245 g/mol. The lowest BCUT2D eigenvalue weighted by Crippen LogP contribution is -2.39. The van der Waals surface area contributed by atoms with E-state index in [1.165, 1.54) is 13.2 Å². The van der Waals surface area contributed by atoms with Gasteiger partial charge in [-0.05, 0) is 42.5 Å². The minimum Gasteiger partial charge on any atom is -0.494 e. The summed E-state index contributed by atoms with van der Waals surface area (Å²) in [7, 11) is 1.42. The molecule has 0 heterocycles. The molecule has 2 N–H and O–H groups in total. The Morgan fingerprint density at radius 3 is 2.68 bits per heavy atom. The van der Waals surface area contributed by atoms with E-state index in [1.54, 1.807) is 12.1 Å². The quantitative estimate of drug-likeness (QED) is 0.859. The molecule has 104 valence electrons. The molecule has 0 unspecified atom stereocenters. The lowest BCUT2D eigenvalue weighted by Gasteiger charge is -2.40. The van der Waals surface area contributed by atoms with E-state index in [0.717, 1.165) is 19.3 Å². The van der Waals surface area contributed by atoms with Gasteiger partial charge in [-0.2, -0.15) is 0 Å². The zero-order valence-electron chi connectivity index (χ0n) is 11.2. The van der Waals surface area contributed by atoms with Crippen molar-refractivity contribution in [1.29, 1.82) is 0 Å². The highest BCUT2D eigenvalue weighted by Crippen LogP contribution is 2.43. The smallest absolute Gasteiger partial charge is 0.165 e. The lowest BCUT2D eigenvalue weighted by atomic mass is 9.65. The van der Waals surface area contributed by atoms with Gasteiger partial charge in [0.1, 0.15) is 5.78 Å². The summed E-state index contributed by atoms with van der Waals surface area (Å²) in [6, 6.07) is 4.66. The van der Waals surface area contributed by atoms with Gasteiger partial charge < -0.3 is 10.5 Å². The topological polar surface area (TPSA) is 52.3 Å². The number of ether oxygens (including phenoxy) is 1. The molecular formula is C15H20FNO2. The molecule has 1 saturated carbocycles. The van der Waals surface area contributed by atoms with E-state index in [0.29, 0.717) is 18.5 Å². The summed E-state index contributed by atoms with van der Waals surface area (Å²) in [6.07, 6.45) is 4.00. The van der Waals surface area contributed by atoms with Gasteiger partial charge in [0.05, 0.1) is 7.11 Å². The second kappa shape index (κ2) is 5.70. The highest BCUT2D eigenvalue weighted by atomic mass is 19.1. The number of nitrogens with two attached hydrogens (primary N) is 1. The highest BCUT2D eigenvalue weighted by molar-refractivity contribution is 5.81. The summed E-state index contributed by atoms with van der Waals surface area (Å²) in [4.78, 5) is 12.0. The van der Waals surface area contributed by atoms with Crippen molar-refractivity contribution in [1.82, 2.24) is 0 Å². The highest BCUT2D eigenvalue weighted by Gasteiger charge is 2.37. The number of hydrogen-bond donors (Lipinski definition) is 1. The van der Waals surface area contributed by atoms with Crippen LogP contribution in [0.5, 0.6) is 5.75 Å². The molecule has 0 amide bonds. The van der Waals surface area contributed by atoms with E-state index in [-0.39, 0.29) is 23.4 Å². The Kier molecular flexibility index (Phi) is 4.20. The number of carbonyl (C=O) groups is 1. The number of ketones is 1. The van der Waals surface area contributed by atoms with Crippen molar-refractivity contribution in [3.05, 3.63) is 29.6 Å². The Morgan fingerprint density at radius 1 is 1.47 bits per heavy atom. The number of Topliss-reactive ketones (excluding diaryl/α,β-unsaturated/α-hetero) is 1. The van der Waals surface area contributed by atoms with Crippen LogP contribution in [0.15, 0.2) is 18.2 Å². The van der Waals surface area contributed by atoms with Crippen LogP contribution in [0.2, 0.25) is 0 Å². The minimum atomic E-state index is -0.426. The molecule has 3 nitrogen and oxygen atoms in total. The number of halogens is 1. The van der Waals surface area contributed by atoms with E-state index in [4.69, 9.17) is 10.5 Å². The Labute approximate surface area is 112 Å². The molecule has 0 aliphatic heterocycles. The van der Waals surface area contributed by atoms with Crippen LogP contribution in [0, 0.1) is 11.2 Å². The van der Waals surface area contributed by atoms with Crippen molar-refractivity contribution in [2.75, 3.05) is 13.7 Å². The van der Waals surface area contributed by atoms with E-state index in [9.17, 15) is 9.18 Å². The van der Waals surface area contributed by atoms with Crippen LogP contribution in [0.1, 0.15) is 31.2 Å². The number of carbonyl (C=O) groups excluding carboxylic acids is 1. The third-order valence-electron chi connectivity index (χ3n) is 4.04. The number of rotatable bonds is 6. The van der Waals surface area contributed by atoms with Gasteiger partial charge in [-0.3, -0.25) is 4.79 Å². The second-order valence-electron chi connectivity index (χ2n) is 5.42. The summed E-state index contributed by atoms with van der Waals surface area (Å²) < 4.78 is 18.4. The standard InChI is InChI=1S/C15H20FNO2/c1-19-14-4-3-11(8-13(14)16)7-12(18)9-15(10-17)5-2-6-15/h3-4,8H,2,5-7,9-10,17H2,1H3. The first-order valence-corrected chi connectivity index (χ1v) is 6.63. The van der Waals surface area contributed by atoms with Crippen LogP contribution in [0.3, 0.4) is 0 Å². The lowest BCUT2D eigenvalue weighted by molar-refractivity contribution is -0.122. The Hall–Kier alpha value is -1.42. The van der Waals surface area contributed by atoms with E-state index in [1.807, 2.05) is 0 Å². The fraction of sp³-hybridized carbons (Fsp3) is 0.533. The molecule has 1 aromatic rings. The summed E-state index contributed by atoms with van der Waals surface area (Å²) in [5, 5.41) is 0. The molecule has 1 aromatic carbocycles. The molecule has 2 rings (SSSR count). The predicted molar refractivity (Wildman–Crippen MR) is 71.6 cm³/mol. The van der Waals surface area contributed by atoms with Gasteiger partial charge in [0.25, 0.3) is 0 Å². The first kappa shape index (κ1) is 14.0. The molecule has 19 heavy (non-hydrogen) atoms. The van der Waals surface area contributed by atoms with Gasteiger partial charge in [0, 0.05) is 12.8 Å². The summed E-state index contributed by atoms with van der Waals surface area (Å²) >= 11 is 0. The van der Waals surface area contributed by atoms with E-state index in [2.05, 4.69) is 0 Å². The maximum absolute atomic E-state index is 13.5. The van der Waals surface area contributed by atoms with Crippen molar-refractivity contribution < 1.29 is 13.9 Å². The molecule has 1 aliphatic carbocycles. The van der Waals surface area contributed by atoms with Crippen molar-refractivity contribution >= 4 is 5.78 Å². The van der Waals surface area contributed by atoms with Crippen LogP contribution in [0.25, 0.3) is 0 Å². The molecule has 1 fully saturated rings. The Bertz CT molecular complexity index is 464. The SMILES string of the molecule is COc1ccc(CC(=O)CC2(CN)CCC2)cc1F. The van der Waals surface area contributed by atoms with Crippen molar-refractivity contribution in [3.63, 3.8) is 0 Å². The van der Waals surface area contributed by atoms with Gasteiger partial charge in [0.2, 0.25) is 0 Å². The van der Waals surface area contributed by atoms with Gasteiger partial charge in [0.15, 0.2) is 11.6 Å². The minimum absolute atomic E-state index is 0.0160. The molecule has 0 radical (unpaired) electrons. The Morgan fingerprint density at radius 2 is 2.21 bits per heavy atom. The Balaban J connectivity index is 1.97. The van der Waals surface area contributed by atoms with Crippen LogP contribution < -0.4 is 10.5 Å². The van der Waals surface area contributed by atoms with Gasteiger partial charge in [-0.25, -0.2) is 4.39 Å². The average molecular weight is 265 g/mol. The normalized spacial score (nSPS) is 16.8. The number of benzene rings is 1. The number of methoxy groups -OCH3 is 1. The first-order chi connectivity index (χ1) is 9.08. The second-order valence-corrected chi connectivity index (χ2v) is 5.42. The molecule has 0 atom stereocenters. The van der Waals surface area contributed by atoms with Crippen LogP contribution in [0.4, 0.5) is 4.39 Å². The first-order valence-electron chi connectivity index (χ1n) is 6.63. The predicted octanol–water partition coefficient (Wildman–Crippen LogP) is 2.47. The van der Waals surface area contributed by atoms with E-state index < -0.39 is 5.82 Å². The van der Waals surface area contributed by atoms with Crippen LogP contribution >= 0.6 is 0 Å². The maximum atomic E-state index is 13.5. The monoisotopic (exact) mass is 265 g/mol. The average Bonchev–Trinajstić information content (AvgIpc) is 2.34. The largest absolute Gasteiger partial charge is 0.494 e. The van der Waals surface area contributed by atoms with Crippen LogP contribution in [-0.2, 0) is 11.2 Å². The van der Waals surface area contributed by atoms with Gasteiger partial charge in [-0.15, -0.1) is 0 Å². The zero-order valence-corrected chi connectivity index (χ0v) is 11.2. The third-order valence-corrected chi connectivity index (χ3v) is 4.04. The zero-order chi connectivity index (χ0) is 13.9. The van der Waals surface area contributed by atoms with Crippen molar-refractivity contribution in [2.45, 2.75) is 32.1 Å². The fourth-order valence-corrected chi connectivity index (χ4v) is 2.66. The van der Waals surface area contributed by atoms with Gasteiger partial charge in [-0.1, -0.05) is 12.5 Å². The summed E-state index contributed by atoms with van der Waals surface area (Å²) in [5.41, 5.74) is 6.45. The maximum Gasteiger partial charge on any atom is 0.165 e. The van der Waals surface area contributed by atoms with E-state index >= 15 is 0 Å². The van der Waals surface area contributed by atoms with Crippen molar-refractivity contribution in [3.8, 4) is 5.75 Å².